The van der Waals surface area contributed by atoms with Gasteiger partial charge in [0.15, 0.2) is 0 Å². The van der Waals surface area contributed by atoms with Crippen LogP contribution in [0.4, 0.5) is 0 Å². The van der Waals surface area contributed by atoms with Gasteiger partial charge in [0.05, 0.1) is 5.54 Å². The van der Waals surface area contributed by atoms with Gasteiger partial charge < -0.3 is 11.1 Å². The lowest BCUT2D eigenvalue weighted by Crippen LogP contribution is -2.57. The number of likely N-dealkylation sites (N-methyl/N-ethyl adjacent to an activating group) is 1. The van der Waals surface area contributed by atoms with E-state index in [-0.39, 0.29) is 5.91 Å². The first kappa shape index (κ1) is 14.8. The van der Waals surface area contributed by atoms with Gasteiger partial charge in [-0.3, -0.25) is 4.79 Å². The molecule has 17 heavy (non-hydrogen) atoms. The van der Waals surface area contributed by atoms with Crippen molar-refractivity contribution in [1.82, 2.24) is 5.32 Å². The van der Waals surface area contributed by atoms with Crippen LogP contribution in [0.25, 0.3) is 0 Å². The Bertz CT molecular complexity index is 260. The summed E-state index contributed by atoms with van der Waals surface area (Å²) in [5.41, 5.74) is 5.09. The minimum Gasteiger partial charge on any atom is -0.368 e. The van der Waals surface area contributed by atoms with Gasteiger partial charge in [-0.25, -0.2) is 0 Å². The number of nitrogens with two attached hydrogens (primary N) is 1. The molecule has 3 N–H and O–H groups in total. The zero-order valence-corrected chi connectivity index (χ0v) is 12.1. The Morgan fingerprint density at radius 1 is 1.65 bits per heavy atom. The molecule has 0 saturated heterocycles. The highest BCUT2D eigenvalue weighted by molar-refractivity contribution is 7.99. The van der Waals surface area contributed by atoms with Crippen molar-refractivity contribution in [3.63, 3.8) is 0 Å². The number of hydrogen-bond donors (Lipinski definition) is 2. The SMILES string of the molecule is CCC(C)CSC1CCCC(NC)(C(N)=O)C1. The Labute approximate surface area is 109 Å². The summed E-state index contributed by atoms with van der Waals surface area (Å²) in [6, 6.07) is 0. The third-order valence-corrected chi connectivity index (χ3v) is 5.60. The molecular weight excluding hydrogens is 232 g/mol. The first-order chi connectivity index (χ1) is 8.04. The van der Waals surface area contributed by atoms with E-state index in [0.717, 1.165) is 25.2 Å². The summed E-state index contributed by atoms with van der Waals surface area (Å²) < 4.78 is 0. The highest BCUT2D eigenvalue weighted by Crippen LogP contribution is 2.35. The second-order valence-corrected chi connectivity index (χ2v) is 6.59. The summed E-state index contributed by atoms with van der Waals surface area (Å²) in [7, 11) is 1.85. The van der Waals surface area contributed by atoms with Gasteiger partial charge in [0.2, 0.25) is 5.91 Å². The van der Waals surface area contributed by atoms with Crippen molar-refractivity contribution in [2.75, 3.05) is 12.8 Å². The average molecular weight is 258 g/mol. The van der Waals surface area contributed by atoms with E-state index >= 15 is 0 Å². The summed E-state index contributed by atoms with van der Waals surface area (Å²) >= 11 is 2.02. The summed E-state index contributed by atoms with van der Waals surface area (Å²) in [4.78, 5) is 11.6. The Hall–Kier alpha value is -0.220. The molecule has 1 saturated carbocycles. The van der Waals surface area contributed by atoms with Gasteiger partial charge in [-0.05, 0) is 44.4 Å². The number of amides is 1. The Morgan fingerprint density at radius 2 is 2.35 bits per heavy atom. The topological polar surface area (TPSA) is 55.1 Å². The third-order valence-electron chi connectivity index (χ3n) is 3.97. The molecule has 0 heterocycles. The van der Waals surface area contributed by atoms with Crippen molar-refractivity contribution >= 4 is 17.7 Å². The predicted octanol–water partition coefficient (Wildman–Crippen LogP) is 2.15. The molecule has 3 atom stereocenters. The fourth-order valence-electron chi connectivity index (χ4n) is 2.36. The highest BCUT2D eigenvalue weighted by atomic mass is 32.2. The minimum atomic E-state index is -0.453. The van der Waals surface area contributed by atoms with Gasteiger partial charge in [-0.2, -0.15) is 11.8 Å². The molecule has 0 aromatic carbocycles. The van der Waals surface area contributed by atoms with Crippen LogP contribution in [0.5, 0.6) is 0 Å². The molecule has 0 aromatic heterocycles. The standard InChI is InChI=1S/C13H26N2OS/c1-4-10(2)9-17-11-6-5-7-13(8-11,15-3)12(14)16/h10-11,15H,4-9H2,1-3H3,(H2,14,16). The molecule has 0 aromatic rings. The van der Waals surface area contributed by atoms with Crippen molar-refractivity contribution in [1.29, 1.82) is 0 Å². The van der Waals surface area contributed by atoms with Crippen LogP contribution in [0.15, 0.2) is 0 Å². The zero-order valence-electron chi connectivity index (χ0n) is 11.3. The van der Waals surface area contributed by atoms with Gasteiger partial charge in [-0.1, -0.05) is 20.3 Å². The Kier molecular flexibility index (Phi) is 5.80. The second-order valence-electron chi connectivity index (χ2n) is 5.26. The quantitative estimate of drug-likeness (QED) is 0.767. The summed E-state index contributed by atoms with van der Waals surface area (Å²) in [5.74, 6) is 1.77. The lowest BCUT2D eigenvalue weighted by Gasteiger charge is -2.38. The van der Waals surface area contributed by atoms with Crippen molar-refractivity contribution in [2.24, 2.45) is 11.7 Å². The maximum atomic E-state index is 11.6. The van der Waals surface area contributed by atoms with Crippen LogP contribution in [0.2, 0.25) is 0 Å². The van der Waals surface area contributed by atoms with Gasteiger partial charge in [0.25, 0.3) is 0 Å². The van der Waals surface area contributed by atoms with Gasteiger partial charge in [0, 0.05) is 5.25 Å². The third kappa shape index (κ3) is 3.88. The smallest absolute Gasteiger partial charge is 0.237 e. The Balaban J connectivity index is 2.51. The van der Waals surface area contributed by atoms with E-state index < -0.39 is 5.54 Å². The number of rotatable bonds is 6. The predicted molar refractivity (Wildman–Crippen MR) is 75.2 cm³/mol. The van der Waals surface area contributed by atoms with E-state index in [2.05, 4.69) is 19.2 Å². The van der Waals surface area contributed by atoms with E-state index in [1.165, 1.54) is 18.6 Å². The molecule has 0 radical (unpaired) electrons. The molecule has 1 aliphatic carbocycles. The Morgan fingerprint density at radius 3 is 2.88 bits per heavy atom. The fraction of sp³-hybridized carbons (Fsp3) is 0.923. The second kappa shape index (κ2) is 6.64. The molecule has 1 amide bonds. The largest absolute Gasteiger partial charge is 0.368 e. The number of hydrogen-bond acceptors (Lipinski definition) is 3. The summed E-state index contributed by atoms with van der Waals surface area (Å²) in [6.45, 7) is 4.52. The van der Waals surface area contributed by atoms with E-state index in [4.69, 9.17) is 5.73 Å². The number of carbonyl (C=O) groups is 1. The fourth-order valence-corrected chi connectivity index (χ4v) is 3.93. The number of nitrogens with one attached hydrogen (secondary N) is 1. The normalized spacial score (nSPS) is 31.1. The highest BCUT2D eigenvalue weighted by Gasteiger charge is 2.40. The van der Waals surface area contributed by atoms with Gasteiger partial charge in [0.1, 0.15) is 0 Å². The van der Waals surface area contributed by atoms with Crippen molar-refractivity contribution in [3.8, 4) is 0 Å². The molecule has 3 unspecified atom stereocenters. The average Bonchev–Trinajstić information content (AvgIpc) is 2.35. The number of thioether (sulfide) groups is 1. The van der Waals surface area contributed by atoms with Crippen LogP contribution in [-0.2, 0) is 4.79 Å². The van der Waals surface area contributed by atoms with E-state index in [1.807, 2.05) is 18.8 Å². The van der Waals surface area contributed by atoms with Crippen LogP contribution in [0, 0.1) is 5.92 Å². The molecular formula is C13H26N2OS. The molecule has 0 bridgehead atoms. The van der Waals surface area contributed by atoms with Crippen molar-refractivity contribution < 1.29 is 4.79 Å². The van der Waals surface area contributed by atoms with Gasteiger partial charge in [-0.15, -0.1) is 0 Å². The van der Waals surface area contributed by atoms with Crippen molar-refractivity contribution in [3.05, 3.63) is 0 Å². The maximum absolute atomic E-state index is 11.6. The van der Waals surface area contributed by atoms with Crippen LogP contribution < -0.4 is 11.1 Å². The van der Waals surface area contributed by atoms with E-state index in [1.54, 1.807) is 0 Å². The maximum Gasteiger partial charge on any atom is 0.237 e. The molecule has 0 aliphatic heterocycles. The summed E-state index contributed by atoms with van der Waals surface area (Å²) in [6.07, 6.45) is 5.33. The lowest BCUT2D eigenvalue weighted by molar-refractivity contribution is -0.125. The van der Waals surface area contributed by atoms with Crippen LogP contribution in [0.1, 0.15) is 46.0 Å². The van der Waals surface area contributed by atoms with E-state index in [0.29, 0.717) is 5.25 Å². The molecule has 0 spiro atoms. The molecule has 1 fully saturated rings. The number of primary amides is 1. The zero-order chi connectivity index (χ0) is 12.9. The van der Waals surface area contributed by atoms with Crippen molar-refractivity contribution in [2.45, 2.75) is 56.7 Å². The molecule has 4 heteroatoms. The molecule has 1 aliphatic rings. The summed E-state index contributed by atoms with van der Waals surface area (Å²) in [5, 5.41) is 3.74. The molecule has 100 valence electrons. The van der Waals surface area contributed by atoms with Gasteiger partial charge >= 0.3 is 0 Å². The van der Waals surface area contributed by atoms with Crippen LogP contribution in [0.3, 0.4) is 0 Å². The first-order valence-corrected chi connectivity index (χ1v) is 7.69. The molecule has 1 rings (SSSR count). The van der Waals surface area contributed by atoms with Crippen LogP contribution >= 0.6 is 11.8 Å². The number of carbonyl (C=O) groups excluding carboxylic acids is 1. The minimum absolute atomic E-state index is 0.186. The molecule has 3 nitrogen and oxygen atoms in total. The van der Waals surface area contributed by atoms with E-state index in [9.17, 15) is 4.79 Å². The monoisotopic (exact) mass is 258 g/mol. The lowest BCUT2D eigenvalue weighted by atomic mass is 9.81. The first-order valence-electron chi connectivity index (χ1n) is 6.64. The van der Waals surface area contributed by atoms with Crippen LogP contribution in [-0.4, -0.2) is 29.5 Å².